The van der Waals surface area contributed by atoms with Gasteiger partial charge in [-0.05, 0) is 57.8 Å². The highest BCUT2D eigenvalue weighted by molar-refractivity contribution is 5.76. The zero-order valence-electron chi connectivity index (χ0n) is 38.7. The van der Waals surface area contributed by atoms with Crippen LogP contribution in [-0.4, -0.2) is 87.5 Å². The molecule has 1 rings (SSSR count). The maximum Gasteiger partial charge on any atom is 0.220 e. The van der Waals surface area contributed by atoms with Crippen LogP contribution in [-0.2, 0) is 14.3 Å². The van der Waals surface area contributed by atoms with Gasteiger partial charge in [0.05, 0.1) is 25.4 Å². The van der Waals surface area contributed by atoms with Gasteiger partial charge in [0.25, 0.3) is 0 Å². The van der Waals surface area contributed by atoms with Crippen molar-refractivity contribution in [3.63, 3.8) is 0 Å². The van der Waals surface area contributed by atoms with Gasteiger partial charge in [-0.3, -0.25) is 4.79 Å². The summed E-state index contributed by atoms with van der Waals surface area (Å²) >= 11 is 0. The number of unbranched alkanes of at least 4 members (excludes halogenated alkanes) is 28. The lowest BCUT2D eigenvalue weighted by Crippen LogP contribution is -2.60. The smallest absolute Gasteiger partial charge is 0.220 e. The molecule has 0 aromatic heterocycles. The fraction of sp³-hybridized carbons (Fsp3) is 0.863. The summed E-state index contributed by atoms with van der Waals surface area (Å²) in [7, 11) is 0. The van der Waals surface area contributed by atoms with Crippen molar-refractivity contribution in [1.82, 2.24) is 5.32 Å². The normalized spacial score (nSPS) is 20.8. The molecule has 1 aliphatic rings. The van der Waals surface area contributed by atoms with E-state index in [1.807, 2.05) is 6.08 Å². The van der Waals surface area contributed by atoms with E-state index in [2.05, 4.69) is 43.5 Å². The molecule has 7 unspecified atom stereocenters. The van der Waals surface area contributed by atoms with Crippen molar-refractivity contribution in [3.8, 4) is 0 Å². The topological polar surface area (TPSA) is 149 Å². The third kappa shape index (κ3) is 31.3. The van der Waals surface area contributed by atoms with Gasteiger partial charge in [0.15, 0.2) is 6.29 Å². The second-order valence-corrected chi connectivity index (χ2v) is 17.6. The lowest BCUT2D eigenvalue weighted by molar-refractivity contribution is -0.302. The molecular weight excluding hydrogens is 755 g/mol. The molecule has 1 amide bonds. The maximum absolute atomic E-state index is 13.0. The molecule has 1 fully saturated rings. The number of ether oxygens (including phenoxy) is 2. The van der Waals surface area contributed by atoms with Crippen molar-refractivity contribution in [3.05, 3.63) is 36.5 Å². The summed E-state index contributed by atoms with van der Waals surface area (Å²) in [5.41, 5.74) is 0. The van der Waals surface area contributed by atoms with Crippen LogP contribution >= 0.6 is 0 Å². The molecule has 0 saturated carbocycles. The zero-order chi connectivity index (χ0) is 43.7. The van der Waals surface area contributed by atoms with E-state index in [0.717, 1.165) is 38.5 Å². The molecule has 6 N–H and O–H groups in total. The lowest BCUT2D eigenvalue weighted by Gasteiger charge is -2.40. The predicted octanol–water partition coefficient (Wildman–Crippen LogP) is 11.2. The Morgan fingerprint density at radius 1 is 0.550 bits per heavy atom. The molecule has 1 heterocycles. The Bertz CT molecular complexity index is 1030. The lowest BCUT2D eigenvalue weighted by atomic mass is 9.99. The van der Waals surface area contributed by atoms with Crippen LogP contribution in [0.5, 0.6) is 0 Å². The van der Waals surface area contributed by atoms with Gasteiger partial charge in [0.2, 0.25) is 5.91 Å². The Balaban J connectivity index is 2.18. The number of amides is 1. The van der Waals surface area contributed by atoms with Crippen LogP contribution in [0.4, 0.5) is 0 Å². The van der Waals surface area contributed by atoms with Crippen LogP contribution in [0.15, 0.2) is 36.5 Å². The van der Waals surface area contributed by atoms with E-state index in [-0.39, 0.29) is 12.5 Å². The van der Waals surface area contributed by atoms with Crippen molar-refractivity contribution in [2.24, 2.45) is 0 Å². The first-order valence-corrected chi connectivity index (χ1v) is 25.2. The Morgan fingerprint density at radius 3 is 1.42 bits per heavy atom. The van der Waals surface area contributed by atoms with E-state index in [0.29, 0.717) is 6.42 Å². The number of carbonyl (C=O) groups excluding carboxylic acids is 1. The second kappa shape index (κ2) is 41.4. The van der Waals surface area contributed by atoms with E-state index in [1.54, 1.807) is 6.08 Å². The molecule has 0 radical (unpaired) electrons. The minimum atomic E-state index is -1.57. The average Bonchev–Trinajstić information content (AvgIpc) is 3.25. The number of aliphatic hydroxyl groups excluding tert-OH is 5. The first-order chi connectivity index (χ1) is 29.3. The molecular formula is C51H95NO8. The number of nitrogens with one attached hydrogen (secondary N) is 1. The minimum absolute atomic E-state index is 0.187. The number of hydrogen-bond acceptors (Lipinski definition) is 8. The van der Waals surface area contributed by atoms with Crippen LogP contribution < -0.4 is 5.32 Å². The molecule has 0 aromatic rings. The molecule has 9 heteroatoms. The van der Waals surface area contributed by atoms with Gasteiger partial charge in [0.1, 0.15) is 24.4 Å². The number of aliphatic hydroxyl groups is 5. The Labute approximate surface area is 368 Å². The summed E-state index contributed by atoms with van der Waals surface area (Å²) in [5, 5.41) is 54.1. The monoisotopic (exact) mass is 850 g/mol. The fourth-order valence-corrected chi connectivity index (χ4v) is 7.87. The Hall–Kier alpha value is -1.59. The van der Waals surface area contributed by atoms with E-state index < -0.39 is 49.5 Å². The van der Waals surface area contributed by atoms with Crippen molar-refractivity contribution >= 4 is 5.91 Å². The highest BCUT2D eigenvalue weighted by Crippen LogP contribution is 2.23. The number of allylic oxidation sites excluding steroid dienone is 5. The van der Waals surface area contributed by atoms with E-state index in [9.17, 15) is 30.3 Å². The molecule has 7 atom stereocenters. The maximum atomic E-state index is 13.0. The molecule has 0 bridgehead atoms. The summed E-state index contributed by atoms with van der Waals surface area (Å²) in [4.78, 5) is 13.0. The van der Waals surface area contributed by atoms with Gasteiger partial charge < -0.3 is 40.3 Å². The van der Waals surface area contributed by atoms with Crippen molar-refractivity contribution in [2.75, 3.05) is 13.2 Å². The zero-order valence-corrected chi connectivity index (χ0v) is 38.7. The predicted molar refractivity (Wildman–Crippen MR) is 249 cm³/mol. The molecule has 9 nitrogen and oxygen atoms in total. The first-order valence-electron chi connectivity index (χ1n) is 25.2. The van der Waals surface area contributed by atoms with Gasteiger partial charge >= 0.3 is 0 Å². The Kier molecular flexibility index (Phi) is 39.0. The standard InChI is InChI=1S/C51H95NO8/c1-3-5-7-9-11-13-15-16-17-18-19-20-21-22-23-24-25-26-27-28-29-30-31-33-35-37-39-41-47(55)52-44(43-59-51-50(58)49(57)48(56)46(42-53)60-51)45(54)40-38-36-34-32-14-12-10-8-6-4-2/h14,18-19,32,38,40,44-46,48-51,53-54,56-58H,3-13,15-17,20-31,33-37,39,41-43H2,1-2H3,(H,52,55)/b19-18-,32-14+,40-38+. The second-order valence-electron chi connectivity index (χ2n) is 17.6. The highest BCUT2D eigenvalue weighted by Gasteiger charge is 2.44. The van der Waals surface area contributed by atoms with E-state index in [1.165, 1.54) is 167 Å². The fourth-order valence-electron chi connectivity index (χ4n) is 7.87. The number of carbonyl (C=O) groups is 1. The van der Waals surface area contributed by atoms with Gasteiger partial charge in [-0.15, -0.1) is 0 Å². The van der Waals surface area contributed by atoms with E-state index >= 15 is 0 Å². The van der Waals surface area contributed by atoms with Gasteiger partial charge in [-0.25, -0.2) is 0 Å². The molecule has 0 aromatic carbocycles. The molecule has 1 saturated heterocycles. The molecule has 352 valence electrons. The molecule has 0 aliphatic carbocycles. The third-order valence-corrected chi connectivity index (χ3v) is 11.9. The number of hydrogen-bond donors (Lipinski definition) is 6. The SMILES string of the molecule is CCCCCC/C=C/CC/C=C/C(O)C(COC1OC(CO)C(O)C(O)C1O)NC(=O)CCCCCCCCCCCCCCCCC/C=C\CCCCCCCCCC. The Morgan fingerprint density at radius 2 is 0.950 bits per heavy atom. The summed E-state index contributed by atoms with van der Waals surface area (Å²) in [6, 6.07) is -0.818. The van der Waals surface area contributed by atoms with Crippen LogP contribution in [0.1, 0.15) is 226 Å². The average molecular weight is 850 g/mol. The van der Waals surface area contributed by atoms with E-state index in [4.69, 9.17) is 9.47 Å². The quantitative estimate of drug-likeness (QED) is 0.0263. The van der Waals surface area contributed by atoms with Crippen molar-refractivity contribution in [2.45, 2.75) is 269 Å². The number of rotatable bonds is 42. The summed E-state index contributed by atoms with van der Waals surface area (Å²) in [5.74, 6) is -0.187. The van der Waals surface area contributed by atoms with Crippen LogP contribution in [0.25, 0.3) is 0 Å². The largest absolute Gasteiger partial charge is 0.394 e. The minimum Gasteiger partial charge on any atom is -0.394 e. The van der Waals surface area contributed by atoms with Crippen molar-refractivity contribution < 1.29 is 39.8 Å². The molecule has 60 heavy (non-hydrogen) atoms. The van der Waals surface area contributed by atoms with Gasteiger partial charge in [-0.2, -0.15) is 0 Å². The van der Waals surface area contributed by atoms with Crippen LogP contribution in [0, 0.1) is 0 Å². The first kappa shape index (κ1) is 56.4. The highest BCUT2D eigenvalue weighted by atomic mass is 16.7. The summed E-state index contributed by atoms with van der Waals surface area (Å²) < 4.78 is 11.2. The van der Waals surface area contributed by atoms with Crippen LogP contribution in [0.3, 0.4) is 0 Å². The van der Waals surface area contributed by atoms with Gasteiger partial charge in [-0.1, -0.05) is 198 Å². The summed E-state index contributed by atoms with van der Waals surface area (Å²) in [6.07, 6.45) is 45.1. The van der Waals surface area contributed by atoms with Crippen LogP contribution in [0.2, 0.25) is 0 Å². The summed E-state index contributed by atoms with van der Waals surface area (Å²) in [6.45, 7) is 3.72. The molecule has 0 spiro atoms. The van der Waals surface area contributed by atoms with Crippen molar-refractivity contribution in [1.29, 1.82) is 0 Å². The molecule has 1 aliphatic heterocycles. The van der Waals surface area contributed by atoms with Gasteiger partial charge in [0, 0.05) is 6.42 Å². The third-order valence-electron chi connectivity index (χ3n) is 11.9.